The molecule has 2 rings (SSSR count). The Morgan fingerprint density at radius 1 is 1.36 bits per heavy atom. The Morgan fingerprint density at radius 2 is 2.09 bits per heavy atom. The number of hydrogen-bond donors (Lipinski definition) is 1. The van der Waals surface area contributed by atoms with Crippen molar-refractivity contribution >= 4 is 5.97 Å². The van der Waals surface area contributed by atoms with Gasteiger partial charge in [0.2, 0.25) is 0 Å². The molecule has 0 spiro atoms. The van der Waals surface area contributed by atoms with Crippen molar-refractivity contribution in [3.8, 4) is 5.75 Å². The van der Waals surface area contributed by atoms with Crippen molar-refractivity contribution in [2.24, 2.45) is 0 Å². The molecule has 22 heavy (non-hydrogen) atoms. The molecule has 1 aromatic rings. The summed E-state index contributed by atoms with van der Waals surface area (Å²) in [6.07, 6.45) is 4.26. The lowest BCUT2D eigenvalue weighted by atomic mass is 9.80. The Hall–Kier alpha value is -1.55. The van der Waals surface area contributed by atoms with Crippen molar-refractivity contribution in [2.45, 2.75) is 57.5 Å². The lowest BCUT2D eigenvalue weighted by molar-refractivity contribution is -0.147. The molecule has 0 amide bonds. The molecule has 1 aromatic carbocycles. The zero-order valence-electron chi connectivity index (χ0n) is 13.5. The summed E-state index contributed by atoms with van der Waals surface area (Å²) in [6, 6.07) is 7.27. The fourth-order valence-corrected chi connectivity index (χ4v) is 2.77. The first kappa shape index (κ1) is 16.8. The molecule has 1 fully saturated rings. The normalized spacial score (nSPS) is 18.4. The van der Waals surface area contributed by atoms with E-state index in [1.165, 1.54) is 0 Å². The van der Waals surface area contributed by atoms with Crippen LogP contribution in [0.15, 0.2) is 24.3 Å². The Bertz CT molecular complexity index is 472. The maximum absolute atomic E-state index is 11.8. The Morgan fingerprint density at radius 3 is 2.73 bits per heavy atom. The van der Waals surface area contributed by atoms with Crippen LogP contribution in [0, 0.1) is 0 Å². The Kier molecular flexibility index (Phi) is 5.83. The van der Waals surface area contributed by atoms with Crippen molar-refractivity contribution in [1.82, 2.24) is 0 Å². The molecular formula is C18H26O4. The highest BCUT2D eigenvalue weighted by molar-refractivity contribution is 5.69. The van der Waals surface area contributed by atoms with Gasteiger partial charge in [-0.2, -0.15) is 0 Å². The molecule has 1 atom stereocenters. The van der Waals surface area contributed by atoms with E-state index in [4.69, 9.17) is 9.47 Å². The van der Waals surface area contributed by atoms with E-state index >= 15 is 0 Å². The van der Waals surface area contributed by atoms with Gasteiger partial charge in [-0.05, 0) is 48.8 Å². The summed E-state index contributed by atoms with van der Waals surface area (Å²) in [5.74, 6) is 0.134. The number of ether oxygens (including phenoxy) is 2. The van der Waals surface area contributed by atoms with Gasteiger partial charge in [0.05, 0.1) is 6.10 Å². The molecule has 1 heterocycles. The maximum Gasteiger partial charge on any atom is 0.305 e. The van der Waals surface area contributed by atoms with Crippen LogP contribution < -0.4 is 0 Å². The number of phenolic OH excluding ortho intramolecular Hbond substituents is 1. The van der Waals surface area contributed by atoms with E-state index < -0.39 is 0 Å². The number of hydrogen-bond acceptors (Lipinski definition) is 4. The maximum atomic E-state index is 11.8. The predicted octanol–water partition coefficient (Wildman–Crippen LogP) is 3.56. The largest absolute Gasteiger partial charge is 0.508 e. The molecule has 0 aliphatic carbocycles. The molecule has 1 aliphatic heterocycles. The van der Waals surface area contributed by atoms with Crippen molar-refractivity contribution in [2.75, 3.05) is 13.2 Å². The molecule has 4 heteroatoms. The molecule has 0 aromatic heterocycles. The molecule has 0 saturated carbocycles. The highest BCUT2D eigenvalue weighted by Gasteiger charge is 2.21. The number of rotatable bonds is 7. The van der Waals surface area contributed by atoms with Gasteiger partial charge in [-0.25, -0.2) is 0 Å². The second-order valence-corrected chi connectivity index (χ2v) is 6.60. The summed E-state index contributed by atoms with van der Waals surface area (Å²) in [7, 11) is 0. The Balaban J connectivity index is 1.70. The minimum Gasteiger partial charge on any atom is -0.508 e. The first-order chi connectivity index (χ1) is 10.5. The SMILES string of the molecule is CC(C)(CCCC(=O)OCC1CCCO1)c1ccc(O)cc1. The molecule has 1 saturated heterocycles. The van der Waals surface area contributed by atoms with Gasteiger partial charge in [0.15, 0.2) is 0 Å². The van der Waals surface area contributed by atoms with Crippen LogP contribution in [0.4, 0.5) is 0 Å². The average molecular weight is 306 g/mol. The molecule has 1 aliphatic rings. The second kappa shape index (κ2) is 7.63. The van der Waals surface area contributed by atoms with E-state index in [2.05, 4.69) is 13.8 Å². The number of aromatic hydroxyl groups is 1. The molecule has 1 unspecified atom stereocenters. The van der Waals surface area contributed by atoms with Gasteiger partial charge < -0.3 is 14.6 Å². The van der Waals surface area contributed by atoms with E-state index in [0.717, 1.165) is 37.9 Å². The topological polar surface area (TPSA) is 55.8 Å². The van der Waals surface area contributed by atoms with Gasteiger partial charge in [-0.3, -0.25) is 4.79 Å². The van der Waals surface area contributed by atoms with Crippen molar-refractivity contribution < 1.29 is 19.4 Å². The summed E-state index contributed by atoms with van der Waals surface area (Å²) in [5.41, 5.74) is 1.14. The van der Waals surface area contributed by atoms with Crippen LogP contribution in [0.1, 0.15) is 51.5 Å². The Labute approximate surface area is 132 Å². The molecule has 0 bridgehead atoms. The van der Waals surface area contributed by atoms with E-state index in [9.17, 15) is 9.90 Å². The van der Waals surface area contributed by atoms with Gasteiger partial charge in [-0.15, -0.1) is 0 Å². The van der Waals surface area contributed by atoms with Crippen molar-refractivity contribution in [3.05, 3.63) is 29.8 Å². The van der Waals surface area contributed by atoms with Crippen LogP contribution in [-0.4, -0.2) is 30.4 Å². The van der Waals surface area contributed by atoms with Crippen LogP contribution in [0.3, 0.4) is 0 Å². The van der Waals surface area contributed by atoms with E-state index in [1.807, 2.05) is 12.1 Å². The first-order valence-electron chi connectivity index (χ1n) is 8.04. The standard InChI is InChI=1S/C18H26O4/c1-18(2,14-7-9-15(19)10-8-14)11-3-6-17(20)22-13-16-5-4-12-21-16/h7-10,16,19H,3-6,11-13H2,1-2H3. The fraction of sp³-hybridized carbons (Fsp3) is 0.611. The summed E-state index contributed by atoms with van der Waals surface area (Å²) in [6.45, 7) is 5.47. The average Bonchev–Trinajstić information content (AvgIpc) is 2.99. The number of esters is 1. The molecule has 1 N–H and O–H groups in total. The van der Waals surface area contributed by atoms with Gasteiger partial charge >= 0.3 is 5.97 Å². The zero-order valence-corrected chi connectivity index (χ0v) is 13.5. The van der Waals surface area contributed by atoms with Gasteiger partial charge in [0, 0.05) is 13.0 Å². The quantitative estimate of drug-likeness (QED) is 0.783. The van der Waals surface area contributed by atoms with Crippen LogP contribution in [0.5, 0.6) is 5.75 Å². The summed E-state index contributed by atoms with van der Waals surface area (Å²) in [4.78, 5) is 11.8. The minimum absolute atomic E-state index is 0.0253. The van der Waals surface area contributed by atoms with E-state index in [0.29, 0.717) is 13.0 Å². The minimum atomic E-state index is -0.142. The molecule has 0 radical (unpaired) electrons. The fourth-order valence-electron chi connectivity index (χ4n) is 2.77. The van der Waals surface area contributed by atoms with Crippen molar-refractivity contribution in [3.63, 3.8) is 0 Å². The van der Waals surface area contributed by atoms with E-state index in [-0.39, 0.29) is 23.2 Å². The van der Waals surface area contributed by atoms with Crippen LogP contribution in [0.25, 0.3) is 0 Å². The van der Waals surface area contributed by atoms with Gasteiger partial charge in [0.1, 0.15) is 12.4 Å². The molecular weight excluding hydrogens is 280 g/mol. The van der Waals surface area contributed by atoms with Crippen LogP contribution in [-0.2, 0) is 19.7 Å². The third-order valence-electron chi connectivity index (χ3n) is 4.29. The second-order valence-electron chi connectivity index (χ2n) is 6.60. The number of carbonyl (C=O) groups excluding carboxylic acids is 1. The molecule has 122 valence electrons. The molecule has 4 nitrogen and oxygen atoms in total. The number of carbonyl (C=O) groups is 1. The zero-order chi connectivity index (χ0) is 16.0. The highest BCUT2D eigenvalue weighted by atomic mass is 16.6. The first-order valence-corrected chi connectivity index (χ1v) is 8.04. The smallest absolute Gasteiger partial charge is 0.305 e. The predicted molar refractivity (Wildman–Crippen MR) is 84.9 cm³/mol. The lowest BCUT2D eigenvalue weighted by Crippen LogP contribution is -2.19. The van der Waals surface area contributed by atoms with Gasteiger partial charge in [0.25, 0.3) is 0 Å². The number of phenols is 1. The summed E-state index contributed by atoms with van der Waals surface area (Å²) >= 11 is 0. The monoisotopic (exact) mass is 306 g/mol. The van der Waals surface area contributed by atoms with E-state index in [1.54, 1.807) is 12.1 Å². The van der Waals surface area contributed by atoms with Crippen LogP contribution >= 0.6 is 0 Å². The van der Waals surface area contributed by atoms with Gasteiger partial charge in [-0.1, -0.05) is 26.0 Å². The highest BCUT2D eigenvalue weighted by Crippen LogP contribution is 2.30. The third kappa shape index (κ3) is 5.02. The number of benzene rings is 1. The summed E-state index contributed by atoms with van der Waals surface area (Å²) in [5, 5.41) is 9.35. The third-order valence-corrected chi connectivity index (χ3v) is 4.29. The van der Waals surface area contributed by atoms with Crippen molar-refractivity contribution in [1.29, 1.82) is 0 Å². The van der Waals surface area contributed by atoms with Crippen LogP contribution in [0.2, 0.25) is 0 Å². The summed E-state index contributed by atoms with van der Waals surface area (Å²) < 4.78 is 10.7. The lowest BCUT2D eigenvalue weighted by Gasteiger charge is -2.25.